The third-order valence-corrected chi connectivity index (χ3v) is 5.58. The first-order valence-electron chi connectivity index (χ1n) is 6.28. The van der Waals surface area contributed by atoms with E-state index in [9.17, 15) is 4.21 Å². The second-order valence-corrected chi connectivity index (χ2v) is 7.68. The minimum Gasteiger partial charge on any atom is -0.378 e. The fourth-order valence-corrected chi connectivity index (χ4v) is 4.37. The van der Waals surface area contributed by atoms with Crippen LogP contribution < -0.4 is 5.73 Å². The second kappa shape index (κ2) is 4.96. The van der Waals surface area contributed by atoms with Gasteiger partial charge in [-0.2, -0.15) is 0 Å². The average molecular weight is 261 g/mol. The van der Waals surface area contributed by atoms with E-state index in [1.165, 1.54) is 0 Å². The van der Waals surface area contributed by atoms with Gasteiger partial charge < -0.3 is 15.2 Å². The van der Waals surface area contributed by atoms with Crippen LogP contribution in [0.3, 0.4) is 0 Å². The third kappa shape index (κ3) is 3.50. The lowest BCUT2D eigenvalue weighted by atomic mass is 9.93. The zero-order chi connectivity index (χ0) is 12.5. The molecule has 0 radical (unpaired) electrons. The standard InChI is InChI=1S/C12H23NO3S/c1-11(2,13)9-17(14)10-3-5-16-12(7-10)4-6-15-8-12/h10H,3-9,13H2,1-2H3. The summed E-state index contributed by atoms with van der Waals surface area (Å²) < 4.78 is 23.6. The van der Waals surface area contributed by atoms with Crippen LogP contribution in [0.5, 0.6) is 0 Å². The molecule has 17 heavy (non-hydrogen) atoms. The van der Waals surface area contributed by atoms with Crippen LogP contribution in [0.25, 0.3) is 0 Å². The topological polar surface area (TPSA) is 61.6 Å². The molecule has 1 spiro atoms. The van der Waals surface area contributed by atoms with Crippen LogP contribution in [-0.2, 0) is 20.3 Å². The van der Waals surface area contributed by atoms with Crippen molar-refractivity contribution in [2.24, 2.45) is 5.73 Å². The Kier molecular flexibility index (Phi) is 3.92. The first kappa shape index (κ1) is 13.5. The fraction of sp³-hybridized carbons (Fsp3) is 1.00. The zero-order valence-electron chi connectivity index (χ0n) is 10.7. The van der Waals surface area contributed by atoms with Crippen molar-refractivity contribution >= 4 is 10.8 Å². The van der Waals surface area contributed by atoms with Gasteiger partial charge in [-0.3, -0.25) is 4.21 Å². The Morgan fingerprint density at radius 1 is 1.47 bits per heavy atom. The van der Waals surface area contributed by atoms with Crippen LogP contribution in [0.2, 0.25) is 0 Å². The van der Waals surface area contributed by atoms with Crippen molar-refractivity contribution < 1.29 is 13.7 Å². The Bertz CT molecular complexity index is 295. The summed E-state index contributed by atoms with van der Waals surface area (Å²) in [6.07, 6.45) is 2.67. The Morgan fingerprint density at radius 2 is 2.24 bits per heavy atom. The molecule has 2 aliphatic rings. The van der Waals surface area contributed by atoms with Gasteiger partial charge in [0.25, 0.3) is 0 Å². The first-order valence-corrected chi connectivity index (χ1v) is 7.66. The first-order chi connectivity index (χ1) is 7.90. The van der Waals surface area contributed by atoms with Crippen molar-refractivity contribution in [3.8, 4) is 0 Å². The normalized spacial score (nSPS) is 36.3. The molecule has 0 saturated carbocycles. The maximum absolute atomic E-state index is 12.3. The van der Waals surface area contributed by atoms with E-state index in [0.29, 0.717) is 19.0 Å². The highest BCUT2D eigenvalue weighted by molar-refractivity contribution is 7.85. The van der Waals surface area contributed by atoms with E-state index in [-0.39, 0.29) is 16.4 Å². The molecule has 2 heterocycles. The van der Waals surface area contributed by atoms with E-state index < -0.39 is 10.8 Å². The maximum Gasteiger partial charge on any atom is 0.0948 e. The lowest BCUT2D eigenvalue weighted by Crippen LogP contribution is -2.47. The Morgan fingerprint density at radius 3 is 2.82 bits per heavy atom. The smallest absolute Gasteiger partial charge is 0.0948 e. The van der Waals surface area contributed by atoms with Crippen molar-refractivity contribution in [1.82, 2.24) is 0 Å². The fourth-order valence-electron chi connectivity index (χ4n) is 2.56. The number of rotatable bonds is 3. The number of nitrogens with two attached hydrogens (primary N) is 1. The van der Waals surface area contributed by atoms with E-state index >= 15 is 0 Å². The van der Waals surface area contributed by atoms with Gasteiger partial charge in [-0.25, -0.2) is 0 Å². The molecule has 2 saturated heterocycles. The molecule has 4 nitrogen and oxygen atoms in total. The molecule has 2 rings (SSSR count). The molecule has 0 amide bonds. The molecule has 2 fully saturated rings. The van der Waals surface area contributed by atoms with E-state index in [1.54, 1.807) is 0 Å². The quantitative estimate of drug-likeness (QED) is 0.816. The average Bonchev–Trinajstić information content (AvgIpc) is 2.64. The summed E-state index contributed by atoms with van der Waals surface area (Å²) in [6, 6.07) is 0. The Labute approximate surface area is 106 Å². The molecular weight excluding hydrogens is 238 g/mol. The second-order valence-electron chi connectivity index (χ2n) is 5.96. The summed E-state index contributed by atoms with van der Waals surface area (Å²) in [6.45, 7) is 5.98. The molecule has 5 heteroatoms. The molecule has 3 unspecified atom stereocenters. The molecule has 2 N–H and O–H groups in total. The predicted octanol–water partition coefficient (Wildman–Crippen LogP) is 0.811. The van der Waals surface area contributed by atoms with Crippen LogP contribution in [0.15, 0.2) is 0 Å². The van der Waals surface area contributed by atoms with Gasteiger partial charge in [-0.05, 0) is 26.7 Å². The Hall–Kier alpha value is 0.0300. The lowest BCUT2D eigenvalue weighted by Gasteiger charge is -2.37. The van der Waals surface area contributed by atoms with Crippen LogP contribution in [-0.4, -0.2) is 46.2 Å². The summed E-state index contributed by atoms with van der Waals surface area (Å²) >= 11 is 0. The minimum atomic E-state index is -0.859. The van der Waals surface area contributed by atoms with Gasteiger partial charge in [0.15, 0.2) is 0 Å². The van der Waals surface area contributed by atoms with E-state index in [2.05, 4.69) is 0 Å². The van der Waals surface area contributed by atoms with E-state index in [1.807, 2.05) is 13.8 Å². The largest absolute Gasteiger partial charge is 0.378 e. The summed E-state index contributed by atoms with van der Waals surface area (Å²) in [5.74, 6) is 0.564. The molecule has 0 aromatic heterocycles. The molecular formula is C12H23NO3S. The summed E-state index contributed by atoms with van der Waals surface area (Å²) in [7, 11) is -0.859. The molecule has 0 aromatic carbocycles. The summed E-state index contributed by atoms with van der Waals surface area (Å²) in [4.78, 5) is 0. The molecule has 0 bridgehead atoms. The predicted molar refractivity (Wildman–Crippen MR) is 68.4 cm³/mol. The Balaban J connectivity index is 1.95. The highest BCUT2D eigenvalue weighted by Crippen LogP contribution is 2.35. The van der Waals surface area contributed by atoms with Gasteiger partial charge in [0.05, 0.1) is 12.2 Å². The van der Waals surface area contributed by atoms with Crippen LogP contribution in [0.4, 0.5) is 0 Å². The number of hydrogen-bond acceptors (Lipinski definition) is 4. The van der Waals surface area contributed by atoms with Crippen molar-refractivity contribution in [1.29, 1.82) is 0 Å². The molecule has 2 aliphatic heterocycles. The SMILES string of the molecule is CC(C)(N)CS(=O)C1CCOC2(CCOC2)C1. The molecule has 0 aliphatic carbocycles. The molecule has 100 valence electrons. The number of ether oxygens (including phenoxy) is 2. The molecule has 3 atom stereocenters. The van der Waals surface area contributed by atoms with Crippen molar-refractivity contribution in [2.45, 2.75) is 49.5 Å². The number of hydrogen-bond donors (Lipinski definition) is 1. The van der Waals surface area contributed by atoms with Crippen molar-refractivity contribution in [3.63, 3.8) is 0 Å². The molecule has 0 aromatic rings. The van der Waals surface area contributed by atoms with E-state index in [0.717, 1.165) is 25.9 Å². The van der Waals surface area contributed by atoms with Crippen LogP contribution in [0.1, 0.15) is 33.1 Å². The highest BCUT2D eigenvalue weighted by atomic mass is 32.2. The van der Waals surface area contributed by atoms with Crippen LogP contribution in [0, 0.1) is 0 Å². The maximum atomic E-state index is 12.3. The lowest BCUT2D eigenvalue weighted by molar-refractivity contribution is -0.0774. The van der Waals surface area contributed by atoms with E-state index in [4.69, 9.17) is 15.2 Å². The van der Waals surface area contributed by atoms with Crippen LogP contribution >= 0.6 is 0 Å². The third-order valence-electron chi connectivity index (χ3n) is 3.40. The van der Waals surface area contributed by atoms with Gasteiger partial charge in [-0.1, -0.05) is 0 Å². The van der Waals surface area contributed by atoms with Gasteiger partial charge in [0.2, 0.25) is 0 Å². The van der Waals surface area contributed by atoms with Gasteiger partial charge in [0, 0.05) is 47.0 Å². The minimum absolute atomic E-state index is 0.155. The monoisotopic (exact) mass is 261 g/mol. The van der Waals surface area contributed by atoms with Gasteiger partial charge in [-0.15, -0.1) is 0 Å². The van der Waals surface area contributed by atoms with Crippen molar-refractivity contribution in [2.75, 3.05) is 25.6 Å². The van der Waals surface area contributed by atoms with Gasteiger partial charge in [0.1, 0.15) is 0 Å². The zero-order valence-corrected chi connectivity index (χ0v) is 11.6. The summed E-state index contributed by atoms with van der Waals surface area (Å²) in [5.41, 5.74) is 5.42. The summed E-state index contributed by atoms with van der Waals surface area (Å²) in [5, 5.41) is 0.216. The highest BCUT2D eigenvalue weighted by Gasteiger charge is 2.42. The van der Waals surface area contributed by atoms with Crippen molar-refractivity contribution in [3.05, 3.63) is 0 Å². The van der Waals surface area contributed by atoms with Gasteiger partial charge >= 0.3 is 0 Å².